The molecule has 10 heteroatoms. The van der Waals surface area contributed by atoms with E-state index in [0.29, 0.717) is 18.7 Å². The largest absolute Gasteiger partial charge is 0.497 e. The van der Waals surface area contributed by atoms with Crippen LogP contribution in [0.25, 0.3) is 0 Å². The highest BCUT2D eigenvalue weighted by molar-refractivity contribution is 6.03. The molecule has 1 aliphatic carbocycles. The van der Waals surface area contributed by atoms with Crippen LogP contribution in [0, 0.1) is 18.8 Å². The summed E-state index contributed by atoms with van der Waals surface area (Å²) in [5.41, 5.74) is -1.25. The fraction of sp³-hybridized carbons (Fsp3) is 0.533. The number of amides is 3. The number of aryl methyl sites for hydroxylation is 1. The Morgan fingerprint density at radius 1 is 1.12 bits per heavy atom. The number of ether oxygens (including phenoxy) is 2. The van der Waals surface area contributed by atoms with Crippen LogP contribution in [0.5, 0.6) is 5.75 Å². The summed E-state index contributed by atoms with van der Waals surface area (Å²) in [5.74, 6) is -0.945. The van der Waals surface area contributed by atoms with Crippen LogP contribution in [0.15, 0.2) is 47.0 Å². The van der Waals surface area contributed by atoms with Gasteiger partial charge in [0.1, 0.15) is 23.2 Å². The number of carbonyl (C=O) groups is 3. The molecule has 1 spiro atoms. The molecular weight excluding hydrogens is 512 g/mol. The number of nitrogens with one attached hydrogen (secondary N) is 2. The quantitative estimate of drug-likeness (QED) is 0.486. The summed E-state index contributed by atoms with van der Waals surface area (Å²) >= 11 is 0. The second-order valence-electron chi connectivity index (χ2n) is 11.6. The highest BCUT2D eigenvalue weighted by atomic mass is 16.5. The Morgan fingerprint density at radius 2 is 1.88 bits per heavy atom. The molecule has 212 valence electrons. The van der Waals surface area contributed by atoms with E-state index in [-0.39, 0.29) is 29.6 Å². The third kappa shape index (κ3) is 4.38. The molecule has 0 unspecified atom stereocenters. The van der Waals surface area contributed by atoms with Gasteiger partial charge in [0, 0.05) is 18.7 Å². The maximum atomic E-state index is 14.2. The van der Waals surface area contributed by atoms with Gasteiger partial charge in [-0.2, -0.15) is 0 Å². The van der Waals surface area contributed by atoms with Crippen molar-refractivity contribution in [1.82, 2.24) is 15.4 Å². The fourth-order valence-corrected chi connectivity index (χ4v) is 7.07. The number of rotatable bonds is 8. The number of nitrogens with zero attached hydrogens (tertiary/aromatic N) is 2. The first-order chi connectivity index (χ1) is 19.2. The number of fused-ring (bicyclic) bond motifs is 1. The molecule has 6 rings (SSSR count). The Bertz CT molecular complexity index is 1330. The molecule has 2 aromatic rings. The number of methoxy groups -OCH3 is 1. The molecule has 1 aromatic heterocycles. The van der Waals surface area contributed by atoms with E-state index >= 15 is 0 Å². The van der Waals surface area contributed by atoms with Crippen molar-refractivity contribution >= 4 is 23.5 Å². The molecule has 40 heavy (non-hydrogen) atoms. The van der Waals surface area contributed by atoms with Gasteiger partial charge in [-0.05, 0) is 50.8 Å². The molecule has 10 nitrogen and oxygen atoms in total. The first kappa shape index (κ1) is 26.6. The Hall–Kier alpha value is -3.66. The van der Waals surface area contributed by atoms with Crippen LogP contribution in [0.1, 0.15) is 50.4 Å². The van der Waals surface area contributed by atoms with Crippen LogP contribution in [0.3, 0.4) is 0 Å². The number of carbonyl (C=O) groups excluding carboxylic acids is 3. The fourth-order valence-electron chi connectivity index (χ4n) is 7.07. The topological polar surface area (TPSA) is 123 Å². The summed E-state index contributed by atoms with van der Waals surface area (Å²) in [7, 11) is 1.62. The Labute approximate surface area is 233 Å². The second-order valence-corrected chi connectivity index (χ2v) is 11.6. The van der Waals surface area contributed by atoms with Gasteiger partial charge in [0.05, 0.1) is 24.5 Å². The van der Waals surface area contributed by atoms with Gasteiger partial charge in [-0.1, -0.05) is 48.7 Å². The predicted octanol–water partition coefficient (Wildman–Crippen LogP) is 3.16. The van der Waals surface area contributed by atoms with Crippen LogP contribution in [-0.2, 0) is 25.5 Å². The van der Waals surface area contributed by atoms with E-state index in [4.69, 9.17) is 14.0 Å². The third-order valence-corrected chi connectivity index (χ3v) is 8.96. The minimum atomic E-state index is -1.23. The number of aromatic nitrogens is 1. The van der Waals surface area contributed by atoms with Crippen molar-refractivity contribution in [2.75, 3.05) is 19.0 Å². The van der Waals surface area contributed by atoms with Gasteiger partial charge in [0.15, 0.2) is 5.82 Å². The SMILES string of the molecule is COc1ccc(CCN2C(=O)[C@@H]3[C@@H](C(=O)Nc4cc(C)on4)[C@@]4(C)C=C[C@@]3(O4)[C@H]2C(=O)NC2CCCCC2)cc1. The molecule has 4 aliphatic rings. The molecule has 0 radical (unpaired) electrons. The van der Waals surface area contributed by atoms with Crippen LogP contribution in [-0.4, -0.2) is 64.7 Å². The minimum Gasteiger partial charge on any atom is -0.497 e. The molecule has 1 saturated carbocycles. The highest BCUT2D eigenvalue weighted by Crippen LogP contribution is 2.59. The molecule has 3 fully saturated rings. The van der Waals surface area contributed by atoms with Gasteiger partial charge in [-0.25, -0.2) is 0 Å². The lowest BCUT2D eigenvalue weighted by molar-refractivity contribution is -0.144. The van der Waals surface area contributed by atoms with Crippen LogP contribution >= 0.6 is 0 Å². The smallest absolute Gasteiger partial charge is 0.246 e. The number of likely N-dealkylation sites (tertiary alicyclic amines) is 1. The first-order valence-electron chi connectivity index (χ1n) is 14.1. The molecule has 2 saturated heterocycles. The number of anilines is 1. The van der Waals surface area contributed by atoms with Crippen molar-refractivity contribution in [3.8, 4) is 5.75 Å². The van der Waals surface area contributed by atoms with E-state index in [9.17, 15) is 14.4 Å². The molecular formula is C30H36N4O6. The summed E-state index contributed by atoms with van der Waals surface area (Å²) in [5, 5.41) is 9.90. The van der Waals surface area contributed by atoms with Crippen LogP contribution in [0.4, 0.5) is 5.82 Å². The van der Waals surface area contributed by atoms with Crippen molar-refractivity contribution in [3.05, 3.63) is 53.8 Å². The molecule has 4 heterocycles. The zero-order valence-corrected chi connectivity index (χ0v) is 23.1. The van der Waals surface area contributed by atoms with Crippen molar-refractivity contribution in [1.29, 1.82) is 0 Å². The highest BCUT2D eigenvalue weighted by Gasteiger charge is 2.76. The van der Waals surface area contributed by atoms with E-state index in [2.05, 4.69) is 15.8 Å². The molecule has 1 aromatic carbocycles. The van der Waals surface area contributed by atoms with Crippen molar-refractivity contribution in [3.63, 3.8) is 0 Å². The van der Waals surface area contributed by atoms with Gasteiger partial charge in [-0.15, -0.1) is 0 Å². The lowest BCUT2D eigenvalue weighted by atomic mass is 9.70. The summed E-state index contributed by atoms with van der Waals surface area (Å²) in [6, 6.07) is 8.48. The zero-order chi connectivity index (χ0) is 28.1. The van der Waals surface area contributed by atoms with Crippen LogP contribution in [0.2, 0.25) is 0 Å². The van der Waals surface area contributed by atoms with Gasteiger partial charge >= 0.3 is 0 Å². The number of benzene rings is 1. The first-order valence-corrected chi connectivity index (χ1v) is 14.1. The summed E-state index contributed by atoms with van der Waals surface area (Å²) < 4.78 is 17.0. The number of hydrogen-bond acceptors (Lipinski definition) is 7. The van der Waals surface area contributed by atoms with Gasteiger partial charge in [0.25, 0.3) is 0 Å². The van der Waals surface area contributed by atoms with Crippen LogP contribution < -0.4 is 15.4 Å². The maximum Gasteiger partial charge on any atom is 0.246 e. The zero-order valence-electron chi connectivity index (χ0n) is 23.1. The lowest BCUT2D eigenvalue weighted by Gasteiger charge is -2.34. The van der Waals surface area contributed by atoms with E-state index in [1.165, 1.54) is 6.42 Å². The average molecular weight is 549 g/mol. The van der Waals surface area contributed by atoms with Gasteiger partial charge in [0.2, 0.25) is 17.7 Å². The van der Waals surface area contributed by atoms with Gasteiger partial charge in [-0.3, -0.25) is 14.4 Å². The second kappa shape index (κ2) is 10.1. The lowest BCUT2D eigenvalue weighted by Crippen LogP contribution is -2.57. The van der Waals surface area contributed by atoms with Crippen molar-refractivity contribution < 1.29 is 28.4 Å². The summed E-state index contributed by atoms with van der Waals surface area (Å²) in [4.78, 5) is 43.5. The standard InChI is InChI=1S/C30H36N4O6/c1-18-17-22(33-39-18)32-26(35)23-24-28(37)34(16-13-19-9-11-21(38-3)12-10-19)25(30(24)15-14-29(23,2)40-30)27(36)31-20-7-5-4-6-8-20/h9-12,14-15,17,20,23-25H,4-8,13,16H2,1-3H3,(H,31,36)(H,32,33,35)/t23-,24-,25+,29+,30-/m0/s1. The summed E-state index contributed by atoms with van der Waals surface area (Å²) in [6.45, 7) is 3.86. The van der Waals surface area contributed by atoms with E-state index < -0.39 is 29.1 Å². The Kier molecular flexibility index (Phi) is 6.68. The molecule has 2 bridgehead atoms. The third-order valence-electron chi connectivity index (χ3n) is 8.96. The monoisotopic (exact) mass is 548 g/mol. The van der Waals surface area contributed by atoms with E-state index in [1.807, 2.05) is 36.4 Å². The Morgan fingerprint density at radius 3 is 2.55 bits per heavy atom. The van der Waals surface area contributed by atoms with E-state index in [1.54, 1.807) is 31.9 Å². The predicted molar refractivity (Wildman–Crippen MR) is 145 cm³/mol. The number of hydrogen-bond donors (Lipinski definition) is 2. The minimum absolute atomic E-state index is 0.0721. The molecule has 2 N–H and O–H groups in total. The average Bonchev–Trinajstić information content (AvgIpc) is 3.65. The Balaban J connectivity index is 1.31. The van der Waals surface area contributed by atoms with E-state index in [0.717, 1.165) is 37.0 Å². The normalized spacial score (nSPS) is 30.9. The van der Waals surface area contributed by atoms with Crippen molar-refractivity contribution in [2.45, 2.75) is 75.7 Å². The van der Waals surface area contributed by atoms with Gasteiger partial charge < -0.3 is 29.5 Å². The summed E-state index contributed by atoms with van der Waals surface area (Å²) in [6.07, 6.45) is 9.38. The molecule has 5 atom stereocenters. The molecule has 3 aliphatic heterocycles. The maximum absolute atomic E-state index is 14.2. The molecule has 3 amide bonds. The van der Waals surface area contributed by atoms with Crippen molar-refractivity contribution in [2.24, 2.45) is 11.8 Å².